The molecule has 3 heteroatoms. The molecule has 64 valence electrons. The third-order valence-corrected chi connectivity index (χ3v) is 2.58. The molecule has 3 nitrogen and oxygen atoms in total. The van der Waals surface area contributed by atoms with Gasteiger partial charge in [0.2, 0.25) is 17.2 Å². The highest BCUT2D eigenvalue weighted by Crippen LogP contribution is 2.41. The van der Waals surface area contributed by atoms with Crippen LogP contribution in [0.4, 0.5) is 0 Å². The lowest BCUT2D eigenvalue weighted by Gasteiger charge is -1.93. The van der Waals surface area contributed by atoms with Crippen LogP contribution in [0, 0.1) is 0 Å². The SMILES string of the molecule is O=C1c2ccccc2C(=O)C12CO2. The van der Waals surface area contributed by atoms with Gasteiger partial charge in [-0.05, 0) is 0 Å². The highest BCUT2D eigenvalue weighted by Gasteiger charge is 2.63. The van der Waals surface area contributed by atoms with Crippen LogP contribution in [0.2, 0.25) is 0 Å². The van der Waals surface area contributed by atoms with Crippen LogP contribution in [0.3, 0.4) is 0 Å². The predicted octanol–water partition coefficient (Wildman–Crippen LogP) is 0.835. The van der Waals surface area contributed by atoms with Crippen LogP contribution in [0.5, 0.6) is 0 Å². The minimum absolute atomic E-state index is 0.173. The Morgan fingerprint density at radius 3 is 1.92 bits per heavy atom. The van der Waals surface area contributed by atoms with E-state index in [1.807, 2.05) is 0 Å². The molecule has 0 aromatic heterocycles. The lowest BCUT2D eigenvalue weighted by atomic mass is 10.1. The molecular weight excluding hydrogens is 168 g/mol. The van der Waals surface area contributed by atoms with Gasteiger partial charge >= 0.3 is 0 Å². The molecule has 0 N–H and O–H groups in total. The van der Waals surface area contributed by atoms with Gasteiger partial charge in [-0.3, -0.25) is 9.59 Å². The molecule has 2 aliphatic rings. The van der Waals surface area contributed by atoms with E-state index in [0.29, 0.717) is 11.1 Å². The molecule has 1 fully saturated rings. The summed E-state index contributed by atoms with van der Waals surface area (Å²) in [4.78, 5) is 23.3. The summed E-state index contributed by atoms with van der Waals surface area (Å²) in [6.45, 7) is 0.249. The van der Waals surface area contributed by atoms with Crippen LogP contribution in [-0.4, -0.2) is 23.8 Å². The molecule has 1 aromatic carbocycles. The fraction of sp³-hybridized carbons (Fsp3) is 0.200. The highest BCUT2D eigenvalue weighted by atomic mass is 16.6. The van der Waals surface area contributed by atoms with Gasteiger partial charge in [0.1, 0.15) is 0 Å². The van der Waals surface area contributed by atoms with E-state index >= 15 is 0 Å². The lowest BCUT2D eigenvalue weighted by molar-refractivity contribution is 0.0785. The fourth-order valence-corrected chi connectivity index (χ4v) is 1.75. The van der Waals surface area contributed by atoms with Crippen LogP contribution in [0.1, 0.15) is 20.7 Å². The molecule has 3 rings (SSSR count). The van der Waals surface area contributed by atoms with E-state index < -0.39 is 5.60 Å². The summed E-state index contributed by atoms with van der Waals surface area (Å²) >= 11 is 0. The minimum Gasteiger partial charge on any atom is -0.353 e. The van der Waals surface area contributed by atoms with Crippen molar-refractivity contribution in [3.63, 3.8) is 0 Å². The van der Waals surface area contributed by atoms with Crippen LogP contribution in [0.15, 0.2) is 24.3 Å². The van der Waals surface area contributed by atoms with Gasteiger partial charge < -0.3 is 4.74 Å². The van der Waals surface area contributed by atoms with Gasteiger partial charge in [-0.25, -0.2) is 0 Å². The molecule has 1 aromatic rings. The molecule has 1 saturated heterocycles. The van der Waals surface area contributed by atoms with Crippen molar-refractivity contribution >= 4 is 11.6 Å². The highest BCUT2D eigenvalue weighted by molar-refractivity contribution is 6.33. The maximum Gasteiger partial charge on any atom is 0.217 e. The van der Waals surface area contributed by atoms with Crippen molar-refractivity contribution in [3.8, 4) is 0 Å². The molecule has 0 unspecified atom stereocenters. The summed E-state index contributed by atoms with van der Waals surface area (Å²) in [6, 6.07) is 6.86. The fourth-order valence-electron chi connectivity index (χ4n) is 1.75. The predicted molar refractivity (Wildman–Crippen MR) is 43.8 cm³/mol. The molecule has 0 bridgehead atoms. The van der Waals surface area contributed by atoms with E-state index in [2.05, 4.69) is 0 Å². The van der Waals surface area contributed by atoms with E-state index in [1.54, 1.807) is 24.3 Å². The Bertz CT molecular complexity index is 393. The van der Waals surface area contributed by atoms with Crippen molar-refractivity contribution in [2.24, 2.45) is 0 Å². The van der Waals surface area contributed by atoms with E-state index in [9.17, 15) is 9.59 Å². The lowest BCUT2D eigenvalue weighted by Crippen LogP contribution is -2.25. The number of epoxide rings is 1. The molecule has 0 amide bonds. The molecular formula is C10H6O3. The summed E-state index contributed by atoms with van der Waals surface area (Å²) in [5, 5.41) is 0. The van der Waals surface area contributed by atoms with Crippen molar-refractivity contribution < 1.29 is 14.3 Å². The maximum absolute atomic E-state index is 11.6. The molecule has 0 saturated carbocycles. The van der Waals surface area contributed by atoms with E-state index in [1.165, 1.54) is 0 Å². The molecule has 1 aliphatic carbocycles. The van der Waals surface area contributed by atoms with Crippen LogP contribution < -0.4 is 0 Å². The third kappa shape index (κ3) is 0.641. The van der Waals surface area contributed by atoms with Crippen LogP contribution in [-0.2, 0) is 4.74 Å². The third-order valence-electron chi connectivity index (χ3n) is 2.58. The molecule has 1 heterocycles. The monoisotopic (exact) mass is 174 g/mol. The second-order valence-electron chi connectivity index (χ2n) is 3.32. The van der Waals surface area contributed by atoms with Crippen molar-refractivity contribution in [1.29, 1.82) is 0 Å². The number of carbonyl (C=O) groups excluding carboxylic acids is 2. The first-order valence-corrected chi connectivity index (χ1v) is 4.08. The Morgan fingerprint density at radius 2 is 1.54 bits per heavy atom. The first-order chi connectivity index (χ1) is 6.26. The van der Waals surface area contributed by atoms with E-state index in [0.717, 1.165) is 0 Å². The van der Waals surface area contributed by atoms with Gasteiger partial charge in [0, 0.05) is 11.1 Å². The second kappa shape index (κ2) is 1.88. The Labute approximate surface area is 74.3 Å². The average molecular weight is 174 g/mol. The second-order valence-corrected chi connectivity index (χ2v) is 3.32. The largest absolute Gasteiger partial charge is 0.353 e. The van der Waals surface area contributed by atoms with Crippen LogP contribution >= 0.6 is 0 Å². The standard InChI is InChI=1S/C10H6O3/c11-8-6-3-1-2-4-7(6)9(12)10(8)5-13-10/h1-4H,5H2. The zero-order chi connectivity index (χ0) is 9.05. The first-order valence-electron chi connectivity index (χ1n) is 4.08. The van der Waals surface area contributed by atoms with Gasteiger partial charge in [0.05, 0.1) is 6.61 Å². The molecule has 0 atom stereocenters. The Balaban J connectivity index is 2.30. The van der Waals surface area contributed by atoms with Crippen LogP contribution in [0.25, 0.3) is 0 Å². The Hall–Kier alpha value is -1.48. The molecule has 1 aliphatic heterocycles. The first kappa shape index (κ1) is 6.97. The smallest absolute Gasteiger partial charge is 0.217 e. The Morgan fingerprint density at radius 1 is 1.08 bits per heavy atom. The van der Waals surface area contributed by atoms with Crippen molar-refractivity contribution in [1.82, 2.24) is 0 Å². The summed E-state index contributed by atoms with van der Waals surface area (Å²) in [5.74, 6) is -0.346. The van der Waals surface area contributed by atoms with Crippen molar-refractivity contribution in [2.75, 3.05) is 6.61 Å². The summed E-state index contributed by atoms with van der Waals surface area (Å²) < 4.78 is 4.96. The van der Waals surface area contributed by atoms with Crippen molar-refractivity contribution in [2.45, 2.75) is 5.60 Å². The number of hydrogen-bond acceptors (Lipinski definition) is 3. The van der Waals surface area contributed by atoms with Gasteiger partial charge in [-0.15, -0.1) is 0 Å². The zero-order valence-electron chi connectivity index (χ0n) is 6.74. The van der Waals surface area contributed by atoms with Gasteiger partial charge in [0.15, 0.2) is 0 Å². The normalized spacial score (nSPS) is 22.2. The Kier molecular flexibility index (Phi) is 1.01. The number of ether oxygens (including phenoxy) is 1. The molecule has 13 heavy (non-hydrogen) atoms. The molecule has 0 radical (unpaired) electrons. The summed E-state index contributed by atoms with van der Waals surface area (Å²) in [6.07, 6.45) is 0. The van der Waals surface area contributed by atoms with Gasteiger partial charge in [-0.1, -0.05) is 24.3 Å². The number of ketones is 2. The topological polar surface area (TPSA) is 46.7 Å². The minimum atomic E-state index is -1.11. The number of benzene rings is 1. The number of carbonyl (C=O) groups is 2. The number of Topliss-reactive ketones (excluding diaryl/α,β-unsaturated/α-hetero) is 2. The maximum atomic E-state index is 11.6. The number of rotatable bonds is 0. The summed E-state index contributed by atoms with van der Waals surface area (Å²) in [5.41, 5.74) is -0.0982. The number of fused-ring (bicyclic) bond motifs is 1. The average Bonchev–Trinajstić information content (AvgIpc) is 2.93. The molecule has 1 spiro atoms. The van der Waals surface area contributed by atoms with Gasteiger partial charge in [-0.2, -0.15) is 0 Å². The number of hydrogen-bond donors (Lipinski definition) is 0. The van der Waals surface area contributed by atoms with Crippen molar-refractivity contribution in [3.05, 3.63) is 35.4 Å². The van der Waals surface area contributed by atoms with E-state index in [-0.39, 0.29) is 18.2 Å². The zero-order valence-corrected chi connectivity index (χ0v) is 6.74. The quantitative estimate of drug-likeness (QED) is 0.432. The summed E-state index contributed by atoms with van der Waals surface area (Å²) in [7, 11) is 0. The van der Waals surface area contributed by atoms with Gasteiger partial charge in [0.25, 0.3) is 0 Å². The van der Waals surface area contributed by atoms with E-state index in [4.69, 9.17) is 4.74 Å².